The Morgan fingerprint density at radius 1 is 0.592 bits per heavy atom. The van der Waals surface area contributed by atoms with Gasteiger partial charge in [0.25, 0.3) is 0 Å². The number of halogens is 3. The molecule has 2 aliphatic carbocycles. The molecule has 0 fully saturated rings. The minimum absolute atomic E-state index is 0.213. The van der Waals surface area contributed by atoms with Gasteiger partial charge in [-0.25, -0.2) is 0 Å². The average molecular weight is 763 g/mol. The highest BCUT2D eigenvalue weighted by molar-refractivity contribution is 9.10. The number of benzene rings is 4. The number of carbonyl (C=O) groups is 2. The van der Waals surface area contributed by atoms with Gasteiger partial charge in [0, 0.05) is 56.9 Å². The van der Waals surface area contributed by atoms with Gasteiger partial charge in [-0.1, -0.05) is 75.5 Å². The molecule has 49 heavy (non-hydrogen) atoms. The van der Waals surface area contributed by atoms with Crippen molar-refractivity contribution in [3.05, 3.63) is 133 Å². The summed E-state index contributed by atoms with van der Waals surface area (Å²) in [6, 6.07) is 27.4. The van der Waals surface area contributed by atoms with Crippen LogP contribution in [0, 0.1) is 13.8 Å². The van der Waals surface area contributed by atoms with Gasteiger partial charge in [-0.2, -0.15) is 0 Å². The van der Waals surface area contributed by atoms with E-state index in [1.807, 2.05) is 74.5 Å². The number of Topliss-reactive ketones (excluding diaryl/α,β-unsaturated/α-hetero) is 2. The van der Waals surface area contributed by atoms with Crippen LogP contribution in [0.2, 0.25) is 10.0 Å². The standard InChI is InChI=1S/C20H21ClN2O.C13H15ClN2O.C7H7Br/c1-13-6-3-4-7-17(13)22-15-10-11-19(16(21)12-15)23-18-8-5-9-20(24)14(18)2;1-8-11(3-2-4-13(8)17)16-12-6-5-9(15)7-10(12)14;1-6-4-2-3-5-7(6)8/h3-4,6-7,10-12,22-23H,5,8-9H2,1-2H3;5-7,16H,2-4,15H2,1H3;2-5H,1H3. The molecule has 4 aromatic carbocycles. The summed E-state index contributed by atoms with van der Waals surface area (Å²) in [7, 11) is 0. The van der Waals surface area contributed by atoms with Gasteiger partial charge in [0.2, 0.25) is 0 Å². The zero-order valence-corrected chi connectivity index (χ0v) is 31.5. The maximum Gasteiger partial charge on any atom is 0.160 e. The number of hydrogen-bond acceptors (Lipinski definition) is 6. The van der Waals surface area contributed by atoms with E-state index in [1.165, 1.54) is 15.6 Å². The number of carbonyl (C=O) groups excluding carboxylic acids is 2. The Bertz CT molecular complexity index is 1870. The van der Waals surface area contributed by atoms with Crippen molar-refractivity contribution in [2.75, 3.05) is 21.7 Å². The Hall–Kier alpha value is -4.04. The number of aryl methyl sites for hydroxylation is 2. The molecule has 0 atom stereocenters. The highest BCUT2D eigenvalue weighted by Gasteiger charge is 2.18. The van der Waals surface area contributed by atoms with E-state index in [9.17, 15) is 9.59 Å². The van der Waals surface area contributed by atoms with Gasteiger partial charge in [-0.05, 0) is 113 Å². The molecule has 0 amide bonds. The zero-order chi connectivity index (χ0) is 35.5. The molecule has 0 aromatic heterocycles. The molecule has 6 rings (SSSR count). The number of allylic oxidation sites excluding steroid dienone is 4. The topological polar surface area (TPSA) is 96.2 Å². The second-order valence-electron chi connectivity index (χ2n) is 12.1. The molecule has 0 saturated heterocycles. The molecule has 0 aliphatic heterocycles. The predicted octanol–water partition coefficient (Wildman–Crippen LogP) is 11.9. The van der Waals surface area contributed by atoms with E-state index in [0.29, 0.717) is 28.6 Å². The number of para-hydroxylation sites is 1. The first-order valence-corrected chi connectivity index (χ1v) is 17.9. The first-order valence-electron chi connectivity index (χ1n) is 16.3. The van der Waals surface area contributed by atoms with Crippen molar-refractivity contribution in [3.8, 4) is 0 Å². The highest BCUT2D eigenvalue weighted by atomic mass is 79.9. The molecule has 5 N–H and O–H groups in total. The Labute approximate surface area is 308 Å². The number of nitrogens with two attached hydrogens (primary N) is 1. The number of ketones is 2. The van der Waals surface area contributed by atoms with Gasteiger partial charge in [0.15, 0.2) is 11.6 Å². The molecule has 0 spiro atoms. The Morgan fingerprint density at radius 3 is 1.59 bits per heavy atom. The van der Waals surface area contributed by atoms with Crippen LogP contribution in [0.25, 0.3) is 0 Å². The Balaban J connectivity index is 0.000000187. The van der Waals surface area contributed by atoms with Crippen LogP contribution in [0.1, 0.15) is 63.5 Å². The lowest BCUT2D eigenvalue weighted by atomic mass is 9.96. The van der Waals surface area contributed by atoms with E-state index in [4.69, 9.17) is 28.9 Å². The third-order valence-corrected chi connectivity index (χ3v) is 9.95. The van der Waals surface area contributed by atoms with Crippen LogP contribution in [-0.4, -0.2) is 11.6 Å². The van der Waals surface area contributed by atoms with Crippen LogP contribution >= 0.6 is 39.1 Å². The van der Waals surface area contributed by atoms with Crippen LogP contribution in [0.5, 0.6) is 0 Å². The molecule has 0 saturated carbocycles. The van der Waals surface area contributed by atoms with Crippen molar-refractivity contribution in [2.45, 2.75) is 66.2 Å². The van der Waals surface area contributed by atoms with Crippen LogP contribution < -0.4 is 21.7 Å². The fourth-order valence-corrected chi connectivity index (χ4v) is 6.07. The number of nitrogen functional groups attached to an aromatic ring is 1. The minimum atomic E-state index is 0.213. The quantitative estimate of drug-likeness (QED) is 0.146. The largest absolute Gasteiger partial charge is 0.399 e. The first-order chi connectivity index (χ1) is 23.4. The zero-order valence-electron chi connectivity index (χ0n) is 28.4. The smallest absolute Gasteiger partial charge is 0.160 e. The number of rotatable bonds is 6. The van der Waals surface area contributed by atoms with Crippen LogP contribution in [-0.2, 0) is 9.59 Å². The van der Waals surface area contributed by atoms with Crippen LogP contribution in [0.4, 0.5) is 28.4 Å². The van der Waals surface area contributed by atoms with Crippen molar-refractivity contribution >= 4 is 79.1 Å². The van der Waals surface area contributed by atoms with Crippen molar-refractivity contribution in [2.24, 2.45) is 0 Å². The normalized spacial score (nSPS) is 14.3. The molecule has 256 valence electrons. The van der Waals surface area contributed by atoms with Crippen molar-refractivity contribution < 1.29 is 9.59 Å². The average Bonchev–Trinajstić information content (AvgIpc) is 3.07. The van der Waals surface area contributed by atoms with Crippen molar-refractivity contribution in [1.29, 1.82) is 0 Å². The van der Waals surface area contributed by atoms with Crippen molar-refractivity contribution in [1.82, 2.24) is 0 Å². The SMILES string of the molecule is CC1=C(Nc2ccc(N)cc2Cl)CCCC1=O.CC1=C(Nc2ccc(Nc3ccccc3C)cc2Cl)CCCC1=O.Cc1ccccc1Br. The third-order valence-electron chi connectivity index (χ3n) is 8.44. The monoisotopic (exact) mass is 760 g/mol. The van der Waals surface area contributed by atoms with E-state index >= 15 is 0 Å². The lowest BCUT2D eigenvalue weighted by Gasteiger charge is -2.19. The molecule has 6 nitrogen and oxygen atoms in total. The summed E-state index contributed by atoms with van der Waals surface area (Å²) in [6.45, 7) is 7.88. The van der Waals surface area contributed by atoms with E-state index < -0.39 is 0 Å². The van der Waals surface area contributed by atoms with Gasteiger partial charge in [-0.3, -0.25) is 9.59 Å². The summed E-state index contributed by atoms with van der Waals surface area (Å²) >= 11 is 15.9. The molecule has 0 unspecified atom stereocenters. The fraction of sp³-hybridized carbons (Fsp3) is 0.250. The van der Waals surface area contributed by atoms with Gasteiger partial charge in [0.05, 0.1) is 21.4 Å². The fourth-order valence-electron chi connectivity index (χ4n) is 5.32. The maximum atomic E-state index is 11.8. The molecule has 9 heteroatoms. The second kappa shape index (κ2) is 18.1. The summed E-state index contributed by atoms with van der Waals surface area (Å²) < 4.78 is 1.18. The lowest BCUT2D eigenvalue weighted by Crippen LogP contribution is -2.14. The van der Waals surface area contributed by atoms with Gasteiger partial charge >= 0.3 is 0 Å². The second-order valence-corrected chi connectivity index (χ2v) is 13.8. The number of anilines is 5. The summed E-state index contributed by atoms with van der Waals surface area (Å²) in [5.41, 5.74) is 15.9. The molecule has 2 aliphatic rings. The van der Waals surface area contributed by atoms with Crippen LogP contribution in [0.15, 0.2) is 112 Å². The molecular weight excluding hydrogens is 719 g/mol. The Morgan fingerprint density at radius 2 is 1.10 bits per heavy atom. The van der Waals surface area contributed by atoms with Crippen LogP contribution in [0.3, 0.4) is 0 Å². The number of hydrogen-bond donors (Lipinski definition) is 4. The van der Waals surface area contributed by atoms with Gasteiger partial charge in [-0.15, -0.1) is 0 Å². The molecule has 0 bridgehead atoms. The highest BCUT2D eigenvalue weighted by Crippen LogP contribution is 2.32. The van der Waals surface area contributed by atoms with E-state index in [2.05, 4.69) is 57.9 Å². The van der Waals surface area contributed by atoms with Crippen molar-refractivity contribution in [3.63, 3.8) is 0 Å². The van der Waals surface area contributed by atoms with Gasteiger partial charge in [0.1, 0.15) is 0 Å². The molecule has 4 aromatic rings. The molecule has 0 heterocycles. The third kappa shape index (κ3) is 11.0. The van der Waals surface area contributed by atoms with Gasteiger partial charge < -0.3 is 21.7 Å². The lowest BCUT2D eigenvalue weighted by molar-refractivity contribution is -0.116. The molecular formula is C40H43BrCl2N4O2. The minimum Gasteiger partial charge on any atom is -0.399 e. The summed E-state index contributed by atoms with van der Waals surface area (Å²) in [4.78, 5) is 23.4. The number of nitrogens with one attached hydrogen (secondary N) is 3. The Kier molecular flexibility index (Phi) is 13.9. The van der Waals surface area contributed by atoms with E-state index in [-0.39, 0.29) is 11.6 Å². The summed E-state index contributed by atoms with van der Waals surface area (Å²) in [6.07, 6.45) is 4.85. The summed E-state index contributed by atoms with van der Waals surface area (Å²) in [5.74, 6) is 0.433. The predicted molar refractivity (Wildman–Crippen MR) is 211 cm³/mol. The van der Waals surface area contributed by atoms with E-state index in [0.717, 1.165) is 71.0 Å². The molecule has 0 radical (unpaired) electrons. The van der Waals surface area contributed by atoms with E-state index in [1.54, 1.807) is 12.1 Å². The first kappa shape index (κ1) is 37.8. The summed E-state index contributed by atoms with van der Waals surface area (Å²) in [5, 5.41) is 11.1. The maximum absolute atomic E-state index is 11.8.